The second-order valence-electron chi connectivity index (χ2n) is 4.91. The first kappa shape index (κ1) is 16.0. The fourth-order valence-electron chi connectivity index (χ4n) is 2.05. The Bertz CT molecular complexity index is 669. The molecule has 5 heteroatoms. The van der Waals surface area contributed by atoms with Gasteiger partial charge in [0.25, 0.3) is 5.91 Å². The fourth-order valence-corrected chi connectivity index (χ4v) is 2.79. The van der Waals surface area contributed by atoms with Gasteiger partial charge in [-0.2, -0.15) is 0 Å². The van der Waals surface area contributed by atoms with E-state index in [1.54, 1.807) is 12.1 Å². The van der Waals surface area contributed by atoms with Gasteiger partial charge in [0, 0.05) is 20.2 Å². The minimum absolute atomic E-state index is 0.0785. The number of hydrogen-bond acceptors (Lipinski definition) is 2. The van der Waals surface area contributed by atoms with Crippen LogP contribution in [0.2, 0.25) is 0 Å². The molecule has 1 unspecified atom stereocenters. The van der Waals surface area contributed by atoms with Crippen LogP contribution in [-0.2, 0) is 0 Å². The first-order chi connectivity index (χ1) is 9.88. The van der Waals surface area contributed by atoms with Gasteiger partial charge in [0.1, 0.15) is 0 Å². The van der Waals surface area contributed by atoms with E-state index in [1.165, 1.54) is 0 Å². The summed E-state index contributed by atoms with van der Waals surface area (Å²) in [6.45, 7) is 3.80. The lowest BCUT2D eigenvalue weighted by Gasteiger charge is -2.16. The van der Waals surface area contributed by atoms with Gasteiger partial charge in [-0.15, -0.1) is 0 Å². The van der Waals surface area contributed by atoms with Gasteiger partial charge in [-0.05, 0) is 49.2 Å². The van der Waals surface area contributed by atoms with Crippen molar-refractivity contribution < 1.29 is 4.79 Å². The lowest BCUT2D eigenvalue weighted by molar-refractivity contribution is 0.0939. The van der Waals surface area contributed by atoms with Crippen molar-refractivity contribution in [2.75, 3.05) is 5.73 Å². The molecule has 0 saturated carbocycles. The molecule has 2 aromatic rings. The SMILES string of the molecule is Cc1c(N)cc(Br)cc1C(=O)NC(C)c1ccc(Br)cc1. The zero-order chi connectivity index (χ0) is 15.6. The number of anilines is 1. The summed E-state index contributed by atoms with van der Waals surface area (Å²) in [7, 11) is 0. The lowest BCUT2D eigenvalue weighted by atomic mass is 10.0. The molecule has 0 saturated heterocycles. The lowest BCUT2D eigenvalue weighted by Crippen LogP contribution is -2.27. The maximum absolute atomic E-state index is 12.4. The van der Waals surface area contributed by atoms with E-state index >= 15 is 0 Å². The van der Waals surface area contributed by atoms with Gasteiger partial charge in [-0.25, -0.2) is 0 Å². The van der Waals surface area contributed by atoms with Gasteiger partial charge in [-0.3, -0.25) is 4.79 Å². The monoisotopic (exact) mass is 410 g/mol. The summed E-state index contributed by atoms with van der Waals surface area (Å²) in [5, 5.41) is 3.00. The number of amides is 1. The Labute approximate surface area is 141 Å². The number of nitrogens with two attached hydrogens (primary N) is 1. The van der Waals surface area contributed by atoms with E-state index in [4.69, 9.17) is 5.73 Å². The van der Waals surface area contributed by atoms with Crippen LogP contribution in [0.3, 0.4) is 0 Å². The van der Waals surface area contributed by atoms with E-state index in [1.807, 2.05) is 38.1 Å². The maximum atomic E-state index is 12.4. The van der Waals surface area contributed by atoms with Gasteiger partial charge in [-0.1, -0.05) is 44.0 Å². The van der Waals surface area contributed by atoms with Crippen LogP contribution in [0.4, 0.5) is 5.69 Å². The van der Waals surface area contributed by atoms with E-state index < -0.39 is 0 Å². The quantitative estimate of drug-likeness (QED) is 0.725. The molecule has 0 aromatic heterocycles. The summed E-state index contributed by atoms with van der Waals surface area (Å²) in [5.41, 5.74) is 8.93. The number of nitrogens with one attached hydrogen (secondary N) is 1. The van der Waals surface area contributed by atoms with Crippen molar-refractivity contribution in [2.45, 2.75) is 19.9 Å². The van der Waals surface area contributed by atoms with Gasteiger partial charge in [0.05, 0.1) is 6.04 Å². The third kappa shape index (κ3) is 3.86. The van der Waals surface area contributed by atoms with Gasteiger partial charge >= 0.3 is 0 Å². The molecule has 0 fully saturated rings. The Balaban J connectivity index is 2.20. The van der Waals surface area contributed by atoms with Crippen molar-refractivity contribution in [3.63, 3.8) is 0 Å². The number of carbonyl (C=O) groups is 1. The highest BCUT2D eigenvalue weighted by atomic mass is 79.9. The van der Waals surface area contributed by atoms with E-state index in [-0.39, 0.29) is 11.9 Å². The summed E-state index contributed by atoms with van der Waals surface area (Å²) in [4.78, 5) is 12.4. The molecule has 0 radical (unpaired) electrons. The van der Waals surface area contributed by atoms with Crippen molar-refractivity contribution in [3.05, 3.63) is 62.0 Å². The van der Waals surface area contributed by atoms with Crippen molar-refractivity contribution in [3.8, 4) is 0 Å². The molecule has 2 aromatic carbocycles. The van der Waals surface area contributed by atoms with Crippen LogP contribution >= 0.6 is 31.9 Å². The highest BCUT2D eigenvalue weighted by Crippen LogP contribution is 2.24. The molecule has 0 aliphatic carbocycles. The standard InChI is InChI=1S/C16H16Br2N2O/c1-9-14(7-13(18)8-15(9)19)16(21)20-10(2)11-3-5-12(17)6-4-11/h3-8,10H,19H2,1-2H3,(H,20,21). The second-order valence-corrected chi connectivity index (χ2v) is 6.75. The van der Waals surface area contributed by atoms with Crippen LogP contribution in [0.15, 0.2) is 45.3 Å². The summed E-state index contributed by atoms with van der Waals surface area (Å²) in [6, 6.07) is 11.4. The smallest absolute Gasteiger partial charge is 0.252 e. The maximum Gasteiger partial charge on any atom is 0.252 e. The molecule has 3 N–H and O–H groups in total. The fraction of sp³-hybridized carbons (Fsp3) is 0.188. The number of benzene rings is 2. The summed E-state index contributed by atoms with van der Waals surface area (Å²) in [5.74, 6) is -0.129. The van der Waals surface area contributed by atoms with Crippen LogP contribution < -0.4 is 11.1 Å². The Morgan fingerprint density at radius 1 is 1.14 bits per heavy atom. The topological polar surface area (TPSA) is 55.1 Å². The van der Waals surface area contributed by atoms with Crippen molar-refractivity contribution in [2.24, 2.45) is 0 Å². The number of nitrogen functional groups attached to an aromatic ring is 1. The first-order valence-corrected chi connectivity index (χ1v) is 8.09. The molecule has 0 aliphatic rings. The van der Waals surface area contributed by atoms with E-state index in [2.05, 4.69) is 37.2 Å². The van der Waals surface area contributed by atoms with Crippen LogP contribution in [-0.4, -0.2) is 5.91 Å². The molecule has 1 atom stereocenters. The predicted molar refractivity (Wildman–Crippen MR) is 93.3 cm³/mol. The van der Waals surface area contributed by atoms with Crippen molar-refractivity contribution in [1.82, 2.24) is 5.32 Å². The largest absolute Gasteiger partial charge is 0.398 e. The summed E-state index contributed by atoms with van der Waals surface area (Å²) in [6.07, 6.45) is 0. The number of rotatable bonds is 3. The molecule has 3 nitrogen and oxygen atoms in total. The molecular weight excluding hydrogens is 396 g/mol. The highest BCUT2D eigenvalue weighted by Gasteiger charge is 2.15. The zero-order valence-electron chi connectivity index (χ0n) is 11.8. The van der Waals surface area contributed by atoms with E-state index in [0.717, 1.165) is 20.1 Å². The van der Waals surface area contributed by atoms with Crippen LogP contribution in [0.1, 0.15) is 34.5 Å². The Morgan fingerprint density at radius 2 is 1.76 bits per heavy atom. The van der Waals surface area contributed by atoms with Crippen LogP contribution in [0.5, 0.6) is 0 Å². The predicted octanol–water partition coefficient (Wildman–Crippen LogP) is 4.59. The van der Waals surface area contributed by atoms with Gasteiger partial charge in [0.15, 0.2) is 0 Å². The summed E-state index contributed by atoms with van der Waals surface area (Å²) >= 11 is 6.77. The van der Waals surface area contributed by atoms with Crippen molar-refractivity contribution in [1.29, 1.82) is 0 Å². The summed E-state index contributed by atoms with van der Waals surface area (Å²) < 4.78 is 1.81. The average molecular weight is 412 g/mol. The van der Waals surface area contributed by atoms with Crippen LogP contribution in [0.25, 0.3) is 0 Å². The number of hydrogen-bond donors (Lipinski definition) is 2. The normalized spacial score (nSPS) is 12.0. The molecule has 2 rings (SSSR count). The molecule has 0 aliphatic heterocycles. The minimum Gasteiger partial charge on any atom is -0.398 e. The molecule has 0 bridgehead atoms. The molecule has 21 heavy (non-hydrogen) atoms. The molecule has 1 amide bonds. The number of halogens is 2. The third-order valence-electron chi connectivity index (χ3n) is 3.37. The minimum atomic E-state index is -0.129. The van der Waals surface area contributed by atoms with Crippen molar-refractivity contribution >= 4 is 43.5 Å². The second kappa shape index (κ2) is 6.62. The third-order valence-corrected chi connectivity index (χ3v) is 4.36. The Morgan fingerprint density at radius 3 is 2.38 bits per heavy atom. The average Bonchev–Trinajstić information content (AvgIpc) is 2.43. The Hall–Kier alpha value is -1.33. The molecular formula is C16H16Br2N2O. The van der Waals surface area contributed by atoms with Gasteiger partial charge < -0.3 is 11.1 Å². The number of carbonyl (C=O) groups excluding carboxylic acids is 1. The zero-order valence-corrected chi connectivity index (χ0v) is 15.0. The van der Waals surface area contributed by atoms with E-state index in [9.17, 15) is 4.79 Å². The van der Waals surface area contributed by atoms with E-state index in [0.29, 0.717) is 11.3 Å². The molecule has 0 heterocycles. The highest BCUT2D eigenvalue weighted by molar-refractivity contribution is 9.10. The first-order valence-electron chi connectivity index (χ1n) is 6.50. The van der Waals surface area contributed by atoms with Gasteiger partial charge in [0.2, 0.25) is 0 Å². The molecule has 0 spiro atoms. The molecule has 110 valence electrons. The van der Waals surface area contributed by atoms with Crippen LogP contribution in [0, 0.1) is 6.92 Å². The Kier molecular flexibility index (Phi) is 5.06.